The Bertz CT molecular complexity index is 661. The van der Waals surface area contributed by atoms with Gasteiger partial charge in [0.25, 0.3) is 5.91 Å². The summed E-state index contributed by atoms with van der Waals surface area (Å²) < 4.78 is 2.01. The maximum atomic E-state index is 12.9. The average molecular weight is 311 g/mol. The zero-order valence-corrected chi connectivity index (χ0v) is 14.0. The summed E-state index contributed by atoms with van der Waals surface area (Å²) in [4.78, 5) is 14.9. The van der Waals surface area contributed by atoms with Crippen LogP contribution in [0.1, 0.15) is 23.3 Å². The fraction of sp³-hybridized carbons (Fsp3) is 0.421. The summed E-state index contributed by atoms with van der Waals surface area (Å²) in [5, 5.41) is 3.23. The largest absolute Gasteiger partial charge is 0.340 e. The molecule has 0 saturated carbocycles. The number of carbonyl (C=O) groups is 1. The lowest BCUT2D eigenvalue weighted by molar-refractivity contribution is 0.0665. The summed E-state index contributed by atoms with van der Waals surface area (Å²) in [6.45, 7) is 2.70. The Balaban J connectivity index is 1.79. The summed E-state index contributed by atoms with van der Waals surface area (Å²) in [5.41, 5.74) is 2.99. The van der Waals surface area contributed by atoms with E-state index in [0.29, 0.717) is 5.92 Å². The highest BCUT2D eigenvalue weighted by atomic mass is 16.2. The first-order chi connectivity index (χ1) is 11.2. The molecule has 1 aromatic carbocycles. The van der Waals surface area contributed by atoms with Crippen LogP contribution in [-0.4, -0.2) is 42.1 Å². The van der Waals surface area contributed by atoms with Crippen molar-refractivity contribution in [1.82, 2.24) is 14.8 Å². The van der Waals surface area contributed by atoms with E-state index in [1.807, 2.05) is 53.9 Å². The van der Waals surface area contributed by atoms with Gasteiger partial charge in [0.05, 0.1) is 0 Å². The molecule has 4 heteroatoms. The molecular formula is C19H25N3O. The standard InChI is InChI=1S/C19H25N3O/c1-20-13-15-7-6-12-22(14-15)19(23)18-11-10-17(21(18)2)16-8-4-3-5-9-16/h3-5,8-11,15,20H,6-7,12-14H2,1-2H3/t15-/m0/s1. The summed E-state index contributed by atoms with van der Waals surface area (Å²) in [7, 11) is 3.95. The molecule has 23 heavy (non-hydrogen) atoms. The zero-order chi connectivity index (χ0) is 16.2. The highest BCUT2D eigenvalue weighted by molar-refractivity contribution is 5.94. The highest BCUT2D eigenvalue weighted by Gasteiger charge is 2.26. The van der Waals surface area contributed by atoms with E-state index in [1.54, 1.807) is 0 Å². The van der Waals surface area contributed by atoms with Crippen LogP contribution in [-0.2, 0) is 7.05 Å². The van der Waals surface area contributed by atoms with Crippen LogP contribution in [0.2, 0.25) is 0 Å². The molecule has 0 radical (unpaired) electrons. The molecular weight excluding hydrogens is 286 g/mol. The van der Waals surface area contributed by atoms with Gasteiger partial charge in [-0.3, -0.25) is 4.79 Å². The van der Waals surface area contributed by atoms with Crippen molar-refractivity contribution in [2.45, 2.75) is 12.8 Å². The van der Waals surface area contributed by atoms with Crippen molar-refractivity contribution in [3.05, 3.63) is 48.2 Å². The zero-order valence-electron chi connectivity index (χ0n) is 14.0. The fourth-order valence-corrected chi connectivity index (χ4v) is 3.49. The van der Waals surface area contributed by atoms with Gasteiger partial charge in [-0.1, -0.05) is 30.3 Å². The van der Waals surface area contributed by atoms with Crippen molar-refractivity contribution in [3.63, 3.8) is 0 Å². The number of hydrogen-bond donors (Lipinski definition) is 1. The van der Waals surface area contributed by atoms with Crippen LogP contribution < -0.4 is 5.32 Å². The highest BCUT2D eigenvalue weighted by Crippen LogP contribution is 2.24. The molecule has 1 saturated heterocycles. The predicted molar refractivity (Wildman–Crippen MR) is 93.4 cm³/mol. The summed E-state index contributed by atoms with van der Waals surface area (Å²) in [6.07, 6.45) is 2.29. The van der Waals surface area contributed by atoms with Crippen LogP contribution in [0, 0.1) is 5.92 Å². The van der Waals surface area contributed by atoms with Crippen molar-refractivity contribution in [1.29, 1.82) is 0 Å². The Labute approximate surface area is 138 Å². The lowest BCUT2D eigenvalue weighted by atomic mass is 9.98. The summed E-state index contributed by atoms with van der Waals surface area (Å²) in [6, 6.07) is 14.2. The van der Waals surface area contributed by atoms with Gasteiger partial charge in [0.1, 0.15) is 5.69 Å². The normalized spacial score (nSPS) is 18.2. The van der Waals surface area contributed by atoms with E-state index in [0.717, 1.165) is 43.0 Å². The van der Waals surface area contributed by atoms with Gasteiger partial charge in [0, 0.05) is 25.8 Å². The first-order valence-electron chi connectivity index (χ1n) is 8.35. The number of nitrogens with one attached hydrogen (secondary N) is 1. The Morgan fingerprint density at radius 2 is 2.00 bits per heavy atom. The number of nitrogens with zero attached hydrogens (tertiary/aromatic N) is 2. The van der Waals surface area contributed by atoms with Crippen molar-refractivity contribution in [2.75, 3.05) is 26.7 Å². The van der Waals surface area contributed by atoms with Crippen molar-refractivity contribution >= 4 is 5.91 Å². The van der Waals surface area contributed by atoms with Crippen molar-refractivity contribution in [2.24, 2.45) is 13.0 Å². The first kappa shape index (κ1) is 15.8. The Morgan fingerprint density at radius 3 is 2.74 bits per heavy atom. The van der Waals surface area contributed by atoms with E-state index in [1.165, 1.54) is 6.42 Å². The SMILES string of the molecule is CNC[C@@H]1CCCN(C(=O)c2ccc(-c3ccccc3)n2C)C1. The lowest BCUT2D eigenvalue weighted by Crippen LogP contribution is -2.43. The van der Waals surface area contributed by atoms with Crippen LogP contribution >= 0.6 is 0 Å². The Hall–Kier alpha value is -2.07. The molecule has 2 aromatic rings. The van der Waals surface area contributed by atoms with E-state index < -0.39 is 0 Å². The maximum Gasteiger partial charge on any atom is 0.270 e. The minimum absolute atomic E-state index is 0.149. The van der Waals surface area contributed by atoms with Crippen LogP contribution in [0.15, 0.2) is 42.5 Å². The molecule has 2 heterocycles. The molecule has 0 spiro atoms. The number of piperidine rings is 1. The fourth-order valence-electron chi connectivity index (χ4n) is 3.49. The molecule has 1 N–H and O–H groups in total. The van der Waals surface area contributed by atoms with Gasteiger partial charge >= 0.3 is 0 Å². The molecule has 1 fully saturated rings. The smallest absolute Gasteiger partial charge is 0.270 e. The Morgan fingerprint density at radius 1 is 1.22 bits per heavy atom. The number of benzene rings is 1. The number of carbonyl (C=O) groups excluding carboxylic acids is 1. The van der Waals surface area contributed by atoms with E-state index in [9.17, 15) is 4.79 Å². The van der Waals surface area contributed by atoms with Crippen LogP contribution in [0.4, 0.5) is 0 Å². The molecule has 0 unspecified atom stereocenters. The van der Waals surface area contributed by atoms with Gasteiger partial charge in [-0.05, 0) is 50.0 Å². The van der Waals surface area contributed by atoms with Gasteiger partial charge in [0.15, 0.2) is 0 Å². The predicted octanol–water partition coefficient (Wildman–Crippen LogP) is 2.76. The second-order valence-corrected chi connectivity index (χ2v) is 6.35. The lowest BCUT2D eigenvalue weighted by Gasteiger charge is -2.32. The molecule has 122 valence electrons. The molecule has 1 aromatic heterocycles. The molecule has 0 aliphatic carbocycles. The second kappa shape index (κ2) is 7.01. The van der Waals surface area contributed by atoms with Gasteiger partial charge in [-0.25, -0.2) is 0 Å². The van der Waals surface area contributed by atoms with Crippen LogP contribution in [0.25, 0.3) is 11.3 Å². The molecule has 1 aliphatic rings. The topological polar surface area (TPSA) is 37.3 Å². The van der Waals surface area contributed by atoms with E-state index >= 15 is 0 Å². The summed E-state index contributed by atoms with van der Waals surface area (Å²) >= 11 is 0. The quantitative estimate of drug-likeness (QED) is 0.943. The van der Waals surface area contributed by atoms with Gasteiger partial charge in [-0.15, -0.1) is 0 Å². The van der Waals surface area contributed by atoms with E-state index in [2.05, 4.69) is 17.4 Å². The van der Waals surface area contributed by atoms with Crippen LogP contribution in [0.3, 0.4) is 0 Å². The van der Waals surface area contributed by atoms with Crippen molar-refractivity contribution in [3.8, 4) is 11.3 Å². The minimum Gasteiger partial charge on any atom is -0.340 e. The maximum absolute atomic E-state index is 12.9. The number of likely N-dealkylation sites (tertiary alicyclic amines) is 1. The minimum atomic E-state index is 0.149. The number of rotatable bonds is 4. The van der Waals surface area contributed by atoms with Crippen molar-refractivity contribution < 1.29 is 4.79 Å². The Kier molecular flexibility index (Phi) is 4.82. The monoisotopic (exact) mass is 311 g/mol. The van der Waals surface area contributed by atoms with E-state index in [-0.39, 0.29) is 5.91 Å². The third kappa shape index (κ3) is 3.32. The summed E-state index contributed by atoms with van der Waals surface area (Å²) in [5.74, 6) is 0.710. The molecule has 3 rings (SSSR count). The molecule has 1 aliphatic heterocycles. The average Bonchev–Trinajstić information content (AvgIpc) is 2.97. The van der Waals surface area contributed by atoms with Gasteiger partial charge < -0.3 is 14.8 Å². The molecule has 4 nitrogen and oxygen atoms in total. The van der Waals surface area contributed by atoms with Crippen LogP contribution in [0.5, 0.6) is 0 Å². The van der Waals surface area contributed by atoms with E-state index in [4.69, 9.17) is 0 Å². The van der Waals surface area contributed by atoms with Gasteiger partial charge in [0.2, 0.25) is 0 Å². The second-order valence-electron chi connectivity index (χ2n) is 6.35. The number of aromatic nitrogens is 1. The number of amides is 1. The van der Waals surface area contributed by atoms with Gasteiger partial charge in [-0.2, -0.15) is 0 Å². The molecule has 1 amide bonds. The first-order valence-corrected chi connectivity index (χ1v) is 8.35. The number of hydrogen-bond acceptors (Lipinski definition) is 2. The third-order valence-corrected chi connectivity index (χ3v) is 4.71. The third-order valence-electron chi connectivity index (χ3n) is 4.71. The molecule has 1 atom stereocenters. The molecule has 0 bridgehead atoms.